The third-order valence-corrected chi connectivity index (χ3v) is 2.82. The van der Waals surface area contributed by atoms with Crippen molar-refractivity contribution in [2.75, 3.05) is 11.5 Å². The fourth-order valence-electron chi connectivity index (χ4n) is 1.91. The van der Waals surface area contributed by atoms with E-state index in [9.17, 15) is 20.2 Å². The van der Waals surface area contributed by atoms with Crippen molar-refractivity contribution < 1.29 is 9.85 Å². The highest BCUT2D eigenvalue weighted by Crippen LogP contribution is 2.40. The Kier molecular flexibility index (Phi) is 3.21. The van der Waals surface area contributed by atoms with Gasteiger partial charge in [0.25, 0.3) is 0 Å². The standard InChI is InChI=1S/C12H10N4O4/c13-9-5-1-3-7(11(9)14)8-4-2-6-10(15(17)18)12(8)16(19)20/h1-6H,13-14H2. The summed E-state index contributed by atoms with van der Waals surface area (Å²) in [4.78, 5) is 20.5. The molecule has 2 aromatic rings. The molecule has 4 N–H and O–H groups in total. The molecule has 0 radical (unpaired) electrons. The molecule has 8 nitrogen and oxygen atoms in total. The van der Waals surface area contributed by atoms with E-state index in [1.165, 1.54) is 18.2 Å². The number of hydrogen-bond acceptors (Lipinski definition) is 6. The van der Waals surface area contributed by atoms with Gasteiger partial charge < -0.3 is 11.5 Å². The van der Waals surface area contributed by atoms with Crippen LogP contribution < -0.4 is 11.5 Å². The molecule has 0 fully saturated rings. The summed E-state index contributed by atoms with van der Waals surface area (Å²) in [6.07, 6.45) is 0. The summed E-state index contributed by atoms with van der Waals surface area (Å²) in [5.74, 6) is 0. The molecule has 0 saturated heterocycles. The van der Waals surface area contributed by atoms with E-state index >= 15 is 0 Å². The quantitative estimate of drug-likeness (QED) is 0.500. The van der Waals surface area contributed by atoms with Crippen LogP contribution in [-0.2, 0) is 0 Å². The Morgan fingerprint density at radius 1 is 0.850 bits per heavy atom. The molecule has 0 saturated carbocycles. The molecule has 0 unspecified atom stereocenters. The Labute approximate surface area is 112 Å². The van der Waals surface area contributed by atoms with E-state index < -0.39 is 21.2 Å². The van der Waals surface area contributed by atoms with Gasteiger partial charge in [0, 0.05) is 11.6 Å². The zero-order chi connectivity index (χ0) is 14.9. The number of nitrogens with zero attached hydrogens (tertiary/aromatic N) is 2. The van der Waals surface area contributed by atoms with Crippen molar-refractivity contribution in [2.45, 2.75) is 0 Å². The molecule has 0 aromatic heterocycles. The van der Waals surface area contributed by atoms with Crippen LogP contribution in [0.15, 0.2) is 36.4 Å². The molecule has 2 aromatic carbocycles. The van der Waals surface area contributed by atoms with Gasteiger partial charge in [-0.05, 0) is 12.1 Å². The minimum atomic E-state index is -0.801. The fourth-order valence-corrected chi connectivity index (χ4v) is 1.91. The molecule has 0 bridgehead atoms. The molecule has 20 heavy (non-hydrogen) atoms. The zero-order valence-corrected chi connectivity index (χ0v) is 10.1. The second kappa shape index (κ2) is 4.84. The van der Waals surface area contributed by atoms with E-state index in [-0.39, 0.29) is 16.9 Å². The lowest BCUT2D eigenvalue weighted by Crippen LogP contribution is -2.01. The lowest BCUT2D eigenvalue weighted by Gasteiger charge is -2.08. The van der Waals surface area contributed by atoms with Gasteiger partial charge in [-0.25, -0.2) is 0 Å². The van der Waals surface area contributed by atoms with Gasteiger partial charge in [0.05, 0.1) is 26.8 Å². The van der Waals surface area contributed by atoms with Crippen molar-refractivity contribution in [3.63, 3.8) is 0 Å². The highest BCUT2D eigenvalue weighted by atomic mass is 16.6. The number of rotatable bonds is 3. The molecule has 102 valence electrons. The van der Waals surface area contributed by atoms with Crippen molar-refractivity contribution in [1.82, 2.24) is 0 Å². The topological polar surface area (TPSA) is 138 Å². The second-order valence-electron chi connectivity index (χ2n) is 4.00. The van der Waals surface area contributed by atoms with Crippen LogP contribution >= 0.6 is 0 Å². The van der Waals surface area contributed by atoms with E-state index in [0.29, 0.717) is 5.56 Å². The zero-order valence-electron chi connectivity index (χ0n) is 10.1. The third-order valence-electron chi connectivity index (χ3n) is 2.82. The summed E-state index contributed by atoms with van der Waals surface area (Å²) in [5, 5.41) is 22.1. The summed E-state index contributed by atoms with van der Waals surface area (Å²) >= 11 is 0. The van der Waals surface area contributed by atoms with Gasteiger partial charge in [-0.1, -0.05) is 18.2 Å². The Hall–Kier alpha value is -3.16. The molecule has 0 aliphatic rings. The highest BCUT2D eigenvalue weighted by molar-refractivity contribution is 5.90. The van der Waals surface area contributed by atoms with Gasteiger partial charge in [0.2, 0.25) is 0 Å². The largest absolute Gasteiger partial charge is 0.397 e. The molecule has 0 atom stereocenters. The van der Waals surface area contributed by atoms with Crippen LogP contribution in [0.5, 0.6) is 0 Å². The molecular weight excluding hydrogens is 264 g/mol. The second-order valence-corrected chi connectivity index (χ2v) is 4.00. The fraction of sp³-hybridized carbons (Fsp3) is 0. The summed E-state index contributed by atoms with van der Waals surface area (Å²) in [6.45, 7) is 0. The lowest BCUT2D eigenvalue weighted by molar-refractivity contribution is -0.422. The predicted molar refractivity (Wildman–Crippen MR) is 74.0 cm³/mol. The number of para-hydroxylation sites is 2. The molecule has 0 aliphatic heterocycles. The van der Waals surface area contributed by atoms with Crippen LogP contribution in [0.25, 0.3) is 11.1 Å². The number of anilines is 2. The van der Waals surface area contributed by atoms with Gasteiger partial charge in [-0.3, -0.25) is 20.2 Å². The first kappa shape index (κ1) is 13.3. The maximum atomic E-state index is 11.1. The van der Waals surface area contributed by atoms with Gasteiger partial charge in [0.15, 0.2) is 0 Å². The predicted octanol–water partition coefficient (Wildman–Crippen LogP) is 2.33. The van der Waals surface area contributed by atoms with E-state index in [1.807, 2.05) is 0 Å². The number of nitro groups is 2. The van der Waals surface area contributed by atoms with Crippen molar-refractivity contribution in [1.29, 1.82) is 0 Å². The average Bonchev–Trinajstić information content (AvgIpc) is 2.40. The first-order valence-electron chi connectivity index (χ1n) is 5.49. The van der Waals surface area contributed by atoms with E-state index in [0.717, 1.165) is 6.07 Å². The van der Waals surface area contributed by atoms with E-state index in [1.54, 1.807) is 12.1 Å². The van der Waals surface area contributed by atoms with Gasteiger partial charge in [-0.2, -0.15) is 0 Å². The molecule has 8 heteroatoms. The summed E-state index contributed by atoms with van der Waals surface area (Å²) < 4.78 is 0. The number of nitrogen functional groups attached to an aromatic ring is 2. The van der Waals surface area contributed by atoms with Crippen LogP contribution in [0.2, 0.25) is 0 Å². The van der Waals surface area contributed by atoms with Gasteiger partial charge in [-0.15, -0.1) is 0 Å². The van der Waals surface area contributed by atoms with Crippen LogP contribution in [0.3, 0.4) is 0 Å². The Balaban J connectivity index is 2.81. The molecule has 0 amide bonds. The molecular formula is C12H10N4O4. The van der Waals surface area contributed by atoms with Crippen LogP contribution in [-0.4, -0.2) is 9.85 Å². The minimum Gasteiger partial charge on any atom is -0.397 e. The van der Waals surface area contributed by atoms with Crippen LogP contribution in [0, 0.1) is 20.2 Å². The first-order chi connectivity index (χ1) is 9.43. The lowest BCUT2D eigenvalue weighted by atomic mass is 10.00. The molecule has 0 aliphatic carbocycles. The smallest absolute Gasteiger partial charge is 0.353 e. The monoisotopic (exact) mass is 274 g/mol. The SMILES string of the molecule is Nc1cccc(-c2cccc([N+](=O)[O-])c2[N+](=O)[O-])c1N. The Morgan fingerprint density at radius 2 is 1.45 bits per heavy atom. The number of benzene rings is 2. The summed E-state index contributed by atoms with van der Waals surface area (Å²) in [5.41, 5.74) is 11.0. The Bertz CT molecular complexity index is 715. The van der Waals surface area contributed by atoms with Crippen LogP contribution in [0.4, 0.5) is 22.7 Å². The third kappa shape index (κ3) is 2.09. The summed E-state index contributed by atoms with van der Waals surface area (Å²) in [6, 6.07) is 8.48. The maximum Gasteiger partial charge on any atom is 0.353 e. The van der Waals surface area contributed by atoms with Crippen LogP contribution in [0.1, 0.15) is 0 Å². The minimum absolute atomic E-state index is 0.0639. The van der Waals surface area contributed by atoms with E-state index in [4.69, 9.17) is 11.5 Å². The number of hydrogen-bond donors (Lipinski definition) is 2. The van der Waals surface area contributed by atoms with Gasteiger partial charge in [0.1, 0.15) is 0 Å². The Morgan fingerprint density at radius 3 is 2.05 bits per heavy atom. The summed E-state index contributed by atoms with van der Waals surface area (Å²) in [7, 11) is 0. The average molecular weight is 274 g/mol. The molecule has 0 spiro atoms. The van der Waals surface area contributed by atoms with Crippen molar-refractivity contribution in [2.24, 2.45) is 0 Å². The van der Waals surface area contributed by atoms with Crippen molar-refractivity contribution in [3.05, 3.63) is 56.6 Å². The number of nitro benzene ring substituents is 2. The normalized spacial score (nSPS) is 10.2. The number of nitrogens with two attached hydrogens (primary N) is 2. The van der Waals surface area contributed by atoms with Crippen molar-refractivity contribution in [3.8, 4) is 11.1 Å². The molecule has 0 heterocycles. The molecule has 2 rings (SSSR count). The maximum absolute atomic E-state index is 11.1. The van der Waals surface area contributed by atoms with Crippen molar-refractivity contribution >= 4 is 22.7 Å². The van der Waals surface area contributed by atoms with Gasteiger partial charge >= 0.3 is 11.4 Å². The van der Waals surface area contributed by atoms with E-state index in [2.05, 4.69) is 0 Å². The highest BCUT2D eigenvalue weighted by Gasteiger charge is 2.29. The first-order valence-corrected chi connectivity index (χ1v) is 5.49.